The molecule has 0 spiro atoms. The number of rotatable bonds is 16. The molecule has 0 saturated heterocycles. The predicted octanol–water partition coefficient (Wildman–Crippen LogP) is 6.55. The van der Waals surface area contributed by atoms with Crippen LogP contribution in [-0.2, 0) is 41.7 Å². The van der Waals surface area contributed by atoms with Crippen molar-refractivity contribution < 1.29 is 28.6 Å². The smallest absolute Gasteiger partial charge is 0.320 e. The van der Waals surface area contributed by atoms with E-state index >= 15 is 0 Å². The molecule has 9 nitrogen and oxygen atoms in total. The second-order valence-electron chi connectivity index (χ2n) is 16.2. The van der Waals surface area contributed by atoms with Gasteiger partial charge in [-0.3, -0.25) is 29.1 Å². The highest BCUT2D eigenvalue weighted by molar-refractivity contribution is 5.73. The third kappa shape index (κ3) is 16.8. The van der Waals surface area contributed by atoms with Crippen molar-refractivity contribution in [3.8, 4) is 0 Å². The fraction of sp³-hybridized carbons (Fsp3) is 0.625. The third-order valence-corrected chi connectivity index (χ3v) is 7.84. The van der Waals surface area contributed by atoms with Crippen LogP contribution in [-0.4, -0.2) is 95.2 Å². The van der Waals surface area contributed by atoms with Crippen molar-refractivity contribution in [2.45, 2.75) is 120 Å². The lowest BCUT2D eigenvalue weighted by atomic mass is 10.0. The van der Waals surface area contributed by atoms with Gasteiger partial charge in [0.15, 0.2) is 0 Å². The molecule has 0 aliphatic rings. The number of aryl methyl sites for hydroxylation is 4. The quantitative estimate of drug-likeness (QED) is 0.145. The van der Waals surface area contributed by atoms with Gasteiger partial charge < -0.3 is 14.2 Å². The normalized spacial score (nSPS) is 12.5. The molecule has 0 N–H and O–H groups in total. The number of nitrogens with zero attached hydrogens (tertiary/aromatic N) is 3. The maximum Gasteiger partial charge on any atom is 0.320 e. The molecule has 0 saturated carbocycles. The number of hydrogen-bond donors (Lipinski definition) is 0. The Kier molecular flexibility index (Phi) is 15.5. The minimum atomic E-state index is -0.626. The Morgan fingerprint density at radius 2 is 0.714 bits per heavy atom. The number of benzene rings is 2. The molecular weight excluding hydrogens is 618 g/mol. The van der Waals surface area contributed by atoms with Crippen molar-refractivity contribution in [3.63, 3.8) is 0 Å². The molecule has 274 valence electrons. The van der Waals surface area contributed by atoms with Gasteiger partial charge in [-0.05, 0) is 123 Å². The van der Waals surface area contributed by atoms with E-state index in [0.29, 0.717) is 39.3 Å². The molecule has 0 amide bonds. The van der Waals surface area contributed by atoms with Crippen LogP contribution in [0.2, 0.25) is 0 Å². The summed E-state index contributed by atoms with van der Waals surface area (Å²) in [5.41, 5.74) is 5.14. The summed E-state index contributed by atoms with van der Waals surface area (Å²) in [4.78, 5) is 45.5. The van der Waals surface area contributed by atoms with Crippen molar-refractivity contribution in [2.24, 2.45) is 0 Å². The van der Waals surface area contributed by atoms with Gasteiger partial charge in [-0.1, -0.05) is 36.4 Å². The van der Waals surface area contributed by atoms with E-state index < -0.39 is 16.8 Å². The molecular formula is C40H63N3O6. The third-order valence-electron chi connectivity index (χ3n) is 7.84. The molecule has 2 rings (SSSR count). The minimum absolute atomic E-state index is 0.0740. The zero-order valence-corrected chi connectivity index (χ0v) is 32.6. The Labute approximate surface area is 296 Å². The highest BCUT2D eigenvalue weighted by atomic mass is 16.6. The van der Waals surface area contributed by atoms with Gasteiger partial charge in [0.1, 0.15) is 16.8 Å². The van der Waals surface area contributed by atoms with Crippen LogP contribution >= 0.6 is 0 Å². The largest absolute Gasteiger partial charge is 0.459 e. The number of esters is 3. The molecule has 0 radical (unpaired) electrons. The Morgan fingerprint density at radius 3 is 0.980 bits per heavy atom. The summed E-state index contributed by atoms with van der Waals surface area (Å²) in [5.74, 6) is -0.918. The average molecular weight is 682 g/mol. The van der Waals surface area contributed by atoms with Crippen LogP contribution in [0.15, 0.2) is 36.4 Å². The summed E-state index contributed by atoms with van der Waals surface area (Å²) >= 11 is 0. The molecule has 2 aromatic rings. The van der Waals surface area contributed by atoms with Crippen molar-refractivity contribution in [1.82, 2.24) is 14.7 Å². The second kappa shape index (κ2) is 18.1. The summed E-state index contributed by atoms with van der Waals surface area (Å²) in [6.45, 7) is 28.5. The van der Waals surface area contributed by atoms with Crippen molar-refractivity contribution in [2.75, 3.05) is 45.8 Å². The van der Waals surface area contributed by atoms with Gasteiger partial charge in [0, 0.05) is 39.3 Å². The highest BCUT2D eigenvalue weighted by Gasteiger charge is 2.25. The monoisotopic (exact) mass is 681 g/mol. The van der Waals surface area contributed by atoms with E-state index in [4.69, 9.17) is 14.2 Å². The Bertz CT molecular complexity index is 1270. The van der Waals surface area contributed by atoms with Crippen molar-refractivity contribution >= 4 is 17.9 Å². The van der Waals surface area contributed by atoms with Gasteiger partial charge in [0.05, 0.1) is 19.6 Å². The molecule has 0 aliphatic carbocycles. The molecule has 0 fully saturated rings. The van der Waals surface area contributed by atoms with Gasteiger partial charge in [-0.15, -0.1) is 0 Å². The fourth-order valence-electron chi connectivity index (χ4n) is 5.58. The molecule has 0 heterocycles. The van der Waals surface area contributed by atoms with E-state index in [0.717, 1.165) is 22.3 Å². The first-order chi connectivity index (χ1) is 22.5. The summed E-state index contributed by atoms with van der Waals surface area (Å²) < 4.78 is 17.1. The van der Waals surface area contributed by atoms with Gasteiger partial charge in [-0.2, -0.15) is 0 Å². The Hall–Kier alpha value is -3.27. The van der Waals surface area contributed by atoms with E-state index in [2.05, 4.69) is 61.8 Å². The number of carbonyl (C=O) groups excluding carboxylic acids is 3. The molecule has 49 heavy (non-hydrogen) atoms. The van der Waals surface area contributed by atoms with Gasteiger partial charge in [-0.25, -0.2) is 0 Å². The molecule has 0 aromatic heterocycles. The van der Waals surface area contributed by atoms with E-state index in [1.807, 2.05) is 79.3 Å². The van der Waals surface area contributed by atoms with Crippen molar-refractivity contribution in [3.05, 3.63) is 69.8 Å². The first kappa shape index (κ1) is 41.9. The maximum atomic E-state index is 13.1. The average Bonchev–Trinajstić information content (AvgIpc) is 2.90. The lowest BCUT2D eigenvalue weighted by Crippen LogP contribution is -2.45. The molecule has 2 aromatic carbocycles. The van der Waals surface area contributed by atoms with Crippen LogP contribution in [0, 0.1) is 27.7 Å². The fourth-order valence-corrected chi connectivity index (χ4v) is 5.58. The van der Waals surface area contributed by atoms with Crippen LogP contribution in [0.5, 0.6) is 0 Å². The second-order valence-corrected chi connectivity index (χ2v) is 16.2. The minimum Gasteiger partial charge on any atom is -0.459 e. The topological polar surface area (TPSA) is 88.6 Å². The maximum absolute atomic E-state index is 13.1. The predicted molar refractivity (Wildman–Crippen MR) is 196 cm³/mol. The zero-order valence-electron chi connectivity index (χ0n) is 32.6. The van der Waals surface area contributed by atoms with Gasteiger partial charge in [0.2, 0.25) is 0 Å². The van der Waals surface area contributed by atoms with Gasteiger partial charge in [0.25, 0.3) is 0 Å². The SMILES string of the molecule is Cc1cccc(C)c1CN(CCN(CCN(CC(=O)OC(C)(C)C)Cc1c(C)cccc1C)CC(=O)OC(C)(C)C)CC(=O)OC(C)(C)C. The van der Waals surface area contributed by atoms with E-state index in [1.54, 1.807) is 0 Å². The standard InChI is InChI=1S/C40H63N3O6/c1-29-16-14-17-30(2)33(29)24-42(27-36(45)48-39(8,9)10)22-20-41(26-35(44)47-38(5,6)7)21-23-43(28-37(46)49-40(11,12)13)25-34-31(3)18-15-19-32(34)4/h14-19H,20-28H2,1-13H3. The van der Waals surface area contributed by atoms with Gasteiger partial charge >= 0.3 is 17.9 Å². The first-order valence-electron chi connectivity index (χ1n) is 17.4. The van der Waals surface area contributed by atoms with E-state index in [9.17, 15) is 14.4 Å². The summed E-state index contributed by atoms with van der Waals surface area (Å²) in [7, 11) is 0. The lowest BCUT2D eigenvalue weighted by Gasteiger charge is -2.31. The Balaban J connectivity index is 2.36. The number of hydrogen-bond acceptors (Lipinski definition) is 9. The van der Waals surface area contributed by atoms with E-state index in [-0.39, 0.29) is 37.5 Å². The molecule has 0 atom stereocenters. The zero-order chi connectivity index (χ0) is 37.2. The molecule has 0 bridgehead atoms. The lowest BCUT2D eigenvalue weighted by molar-refractivity contribution is -0.158. The highest BCUT2D eigenvalue weighted by Crippen LogP contribution is 2.19. The van der Waals surface area contributed by atoms with Crippen LogP contribution in [0.25, 0.3) is 0 Å². The van der Waals surface area contributed by atoms with Crippen LogP contribution < -0.4 is 0 Å². The molecule has 0 aliphatic heterocycles. The van der Waals surface area contributed by atoms with Crippen LogP contribution in [0.4, 0.5) is 0 Å². The summed E-state index contributed by atoms with van der Waals surface area (Å²) in [6.07, 6.45) is 0. The first-order valence-corrected chi connectivity index (χ1v) is 17.4. The van der Waals surface area contributed by atoms with Crippen LogP contribution in [0.3, 0.4) is 0 Å². The summed E-state index contributed by atoms with van der Waals surface area (Å²) in [5, 5.41) is 0. The molecule has 0 unspecified atom stereocenters. The molecule has 9 heteroatoms. The summed E-state index contributed by atoms with van der Waals surface area (Å²) in [6, 6.07) is 12.4. The van der Waals surface area contributed by atoms with E-state index in [1.165, 1.54) is 11.1 Å². The van der Waals surface area contributed by atoms with Crippen molar-refractivity contribution in [1.29, 1.82) is 0 Å². The number of ether oxygens (including phenoxy) is 3. The Morgan fingerprint density at radius 1 is 0.469 bits per heavy atom. The van der Waals surface area contributed by atoms with Crippen LogP contribution in [0.1, 0.15) is 95.7 Å². The number of carbonyl (C=O) groups is 3.